The second-order valence-corrected chi connectivity index (χ2v) is 8.62. The van der Waals surface area contributed by atoms with Crippen molar-refractivity contribution in [1.82, 2.24) is 0 Å². The lowest BCUT2D eigenvalue weighted by Gasteiger charge is -2.39. The summed E-state index contributed by atoms with van der Waals surface area (Å²) in [6, 6.07) is 17.3. The number of methoxy groups -OCH3 is 1. The molecule has 3 aromatic carbocycles. The van der Waals surface area contributed by atoms with Crippen molar-refractivity contribution >= 4 is 18.1 Å². The van der Waals surface area contributed by atoms with E-state index in [1.807, 2.05) is 0 Å². The van der Waals surface area contributed by atoms with Crippen LogP contribution in [0.2, 0.25) is 0 Å². The summed E-state index contributed by atoms with van der Waals surface area (Å²) in [6.07, 6.45) is -4.06. The molecular formula is C28H28O10. The zero-order valence-corrected chi connectivity index (χ0v) is 20.4. The van der Waals surface area contributed by atoms with Gasteiger partial charge in [-0.25, -0.2) is 4.79 Å². The topological polar surface area (TPSA) is 155 Å². The molecule has 4 rings (SSSR count). The smallest absolute Gasteiger partial charge is 0.342 e. The molecule has 0 aliphatic carbocycles. The van der Waals surface area contributed by atoms with Gasteiger partial charge in [-0.1, -0.05) is 36.4 Å². The minimum Gasteiger partial charge on any atom is -0.508 e. The Labute approximate surface area is 218 Å². The molecule has 3 aromatic rings. The van der Waals surface area contributed by atoms with E-state index in [1.165, 1.54) is 25.3 Å². The average Bonchev–Trinajstić information content (AvgIpc) is 2.92. The zero-order valence-electron chi connectivity index (χ0n) is 20.4. The van der Waals surface area contributed by atoms with Gasteiger partial charge in [0.25, 0.3) is 0 Å². The number of aliphatic hydroxyl groups excluding tert-OH is 3. The van der Waals surface area contributed by atoms with Gasteiger partial charge in [-0.05, 0) is 47.5 Å². The van der Waals surface area contributed by atoms with Crippen LogP contribution in [0.3, 0.4) is 0 Å². The van der Waals surface area contributed by atoms with Crippen molar-refractivity contribution in [2.45, 2.75) is 30.7 Å². The zero-order chi connectivity index (χ0) is 27.2. The molecule has 10 nitrogen and oxygen atoms in total. The second-order valence-electron chi connectivity index (χ2n) is 8.62. The van der Waals surface area contributed by atoms with Crippen molar-refractivity contribution in [3.8, 4) is 23.0 Å². The van der Waals surface area contributed by atoms with Crippen LogP contribution in [0, 0.1) is 0 Å². The van der Waals surface area contributed by atoms with Crippen LogP contribution in [-0.2, 0) is 9.47 Å². The molecule has 0 radical (unpaired) electrons. The van der Waals surface area contributed by atoms with Crippen molar-refractivity contribution in [2.75, 3.05) is 13.7 Å². The number of carbonyl (C=O) groups is 1. The minimum atomic E-state index is -1.66. The molecule has 1 saturated heterocycles. The standard InChI is InChI=1S/C28H28O10/c1-35-22-5-3-2-4-21(22)27(34)36-15-23-24(31)25(32)26(33)28(38-23)37-20-13-17(12-19(30)14-20)7-6-16-8-10-18(29)11-9-16/h2-14,23-26,28-33H,15H2,1H3. The first-order valence-corrected chi connectivity index (χ1v) is 11.7. The van der Waals surface area contributed by atoms with Crippen molar-refractivity contribution in [3.63, 3.8) is 0 Å². The van der Waals surface area contributed by atoms with Gasteiger partial charge in [0.2, 0.25) is 6.29 Å². The van der Waals surface area contributed by atoms with E-state index in [4.69, 9.17) is 18.9 Å². The van der Waals surface area contributed by atoms with Crippen molar-refractivity contribution < 1.29 is 49.3 Å². The summed E-state index contributed by atoms with van der Waals surface area (Å²) in [5.74, 6) is -0.289. The molecule has 0 spiro atoms. The molecule has 1 aliphatic heterocycles. The Morgan fingerprint density at radius 2 is 1.58 bits per heavy atom. The van der Waals surface area contributed by atoms with Gasteiger partial charge in [-0.2, -0.15) is 0 Å². The Bertz CT molecular complexity index is 1270. The number of aromatic hydroxyl groups is 2. The Kier molecular flexibility index (Phi) is 8.49. The molecule has 1 heterocycles. The fourth-order valence-corrected chi connectivity index (χ4v) is 3.88. The lowest BCUT2D eigenvalue weighted by atomic mass is 9.99. The molecule has 10 heteroatoms. The van der Waals surface area contributed by atoms with Crippen LogP contribution in [0.4, 0.5) is 0 Å². The molecular weight excluding hydrogens is 496 g/mol. The molecule has 0 saturated carbocycles. The number of hydrogen-bond acceptors (Lipinski definition) is 10. The highest BCUT2D eigenvalue weighted by Gasteiger charge is 2.45. The normalized spacial score (nSPS) is 23.2. The molecule has 0 bridgehead atoms. The number of ether oxygens (including phenoxy) is 4. The lowest BCUT2D eigenvalue weighted by molar-refractivity contribution is -0.277. The number of hydrogen-bond donors (Lipinski definition) is 5. The van der Waals surface area contributed by atoms with E-state index in [-0.39, 0.29) is 22.8 Å². The summed E-state index contributed by atoms with van der Waals surface area (Å²) in [6.45, 7) is -0.442. The molecule has 1 fully saturated rings. The largest absolute Gasteiger partial charge is 0.508 e. The highest BCUT2D eigenvalue weighted by Crippen LogP contribution is 2.29. The Hall–Kier alpha value is -4.09. The van der Waals surface area contributed by atoms with Crippen LogP contribution in [0.25, 0.3) is 12.2 Å². The fourth-order valence-electron chi connectivity index (χ4n) is 3.88. The van der Waals surface area contributed by atoms with E-state index in [9.17, 15) is 30.3 Å². The summed E-state index contributed by atoms with van der Waals surface area (Å²) in [5, 5.41) is 50.8. The number of carbonyl (C=O) groups excluding carboxylic acids is 1. The Morgan fingerprint density at radius 1 is 0.868 bits per heavy atom. The summed E-state index contributed by atoms with van der Waals surface area (Å²) < 4.78 is 21.8. The average molecular weight is 525 g/mol. The van der Waals surface area contributed by atoms with Crippen LogP contribution in [0.15, 0.2) is 66.7 Å². The molecule has 38 heavy (non-hydrogen) atoms. The van der Waals surface area contributed by atoms with Crippen molar-refractivity contribution in [1.29, 1.82) is 0 Å². The number of benzene rings is 3. The van der Waals surface area contributed by atoms with Crippen LogP contribution >= 0.6 is 0 Å². The SMILES string of the molecule is COc1ccccc1C(=O)OCC1OC(Oc2cc(O)cc(C=Cc3ccc(O)cc3)c2)C(O)C(O)C1O. The maximum Gasteiger partial charge on any atom is 0.342 e. The third kappa shape index (κ3) is 6.42. The number of rotatable bonds is 8. The highest BCUT2D eigenvalue weighted by molar-refractivity contribution is 5.92. The van der Waals surface area contributed by atoms with Gasteiger partial charge in [0.15, 0.2) is 0 Å². The summed E-state index contributed by atoms with van der Waals surface area (Å²) >= 11 is 0. The summed E-state index contributed by atoms with van der Waals surface area (Å²) in [5.41, 5.74) is 1.53. The van der Waals surface area contributed by atoms with E-state index >= 15 is 0 Å². The molecule has 5 unspecified atom stereocenters. The molecule has 5 N–H and O–H groups in total. The molecule has 5 atom stereocenters. The number of phenolic OH excluding ortho intramolecular Hbond substituents is 2. The molecule has 0 amide bonds. The first-order chi connectivity index (χ1) is 18.2. The Balaban J connectivity index is 1.45. The van der Waals surface area contributed by atoms with E-state index in [2.05, 4.69) is 0 Å². The van der Waals surface area contributed by atoms with Crippen molar-refractivity contribution in [2.24, 2.45) is 0 Å². The molecule has 200 valence electrons. The third-order valence-electron chi connectivity index (χ3n) is 5.90. The summed E-state index contributed by atoms with van der Waals surface area (Å²) in [7, 11) is 1.41. The van der Waals surface area contributed by atoms with E-state index < -0.39 is 43.3 Å². The predicted octanol–water partition coefficient (Wildman–Crippen LogP) is 2.32. The fraction of sp³-hybridized carbons (Fsp3) is 0.250. The predicted molar refractivity (Wildman–Crippen MR) is 136 cm³/mol. The van der Waals surface area contributed by atoms with Gasteiger partial charge in [0.05, 0.1) is 7.11 Å². The van der Waals surface area contributed by atoms with Crippen LogP contribution < -0.4 is 9.47 Å². The highest BCUT2D eigenvalue weighted by atomic mass is 16.7. The molecule has 1 aliphatic rings. The number of esters is 1. The van der Waals surface area contributed by atoms with E-state index in [1.54, 1.807) is 60.7 Å². The Morgan fingerprint density at radius 3 is 2.32 bits per heavy atom. The van der Waals surface area contributed by atoms with Crippen LogP contribution in [0.5, 0.6) is 23.0 Å². The van der Waals surface area contributed by atoms with Crippen LogP contribution in [-0.4, -0.2) is 75.9 Å². The van der Waals surface area contributed by atoms with Crippen molar-refractivity contribution in [3.05, 3.63) is 83.4 Å². The lowest BCUT2D eigenvalue weighted by Crippen LogP contribution is -2.60. The van der Waals surface area contributed by atoms with Gasteiger partial charge in [-0.15, -0.1) is 0 Å². The first kappa shape index (κ1) is 27.0. The third-order valence-corrected chi connectivity index (χ3v) is 5.90. The second kappa shape index (κ2) is 12.0. The van der Waals surface area contributed by atoms with Gasteiger partial charge >= 0.3 is 5.97 Å². The maximum atomic E-state index is 12.5. The van der Waals surface area contributed by atoms with Gasteiger partial charge < -0.3 is 44.5 Å². The van der Waals surface area contributed by atoms with Gasteiger partial charge in [0.1, 0.15) is 59.6 Å². The van der Waals surface area contributed by atoms with E-state index in [0.717, 1.165) is 5.56 Å². The number of aliphatic hydroxyl groups is 3. The van der Waals surface area contributed by atoms with E-state index in [0.29, 0.717) is 11.3 Å². The maximum absolute atomic E-state index is 12.5. The quantitative estimate of drug-likeness (QED) is 0.219. The number of phenols is 2. The minimum absolute atomic E-state index is 0.118. The van der Waals surface area contributed by atoms with Gasteiger partial charge in [0, 0.05) is 6.07 Å². The molecule has 0 aromatic heterocycles. The first-order valence-electron chi connectivity index (χ1n) is 11.7. The number of para-hydroxylation sites is 1. The monoisotopic (exact) mass is 524 g/mol. The van der Waals surface area contributed by atoms with Gasteiger partial charge in [-0.3, -0.25) is 0 Å². The summed E-state index contributed by atoms with van der Waals surface area (Å²) in [4.78, 5) is 12.5. The van der Waals surface area contributed by atoms with Crippen LogP contribution in [0.1, 0.15) is 21.5 Å².